The van der Waals surface area contributed by atoms with Crippen LogP contribution in [-0.2, 0) is 0 Å². The van der Waals surface area contributed by atoms with Crippen LogP contribution >= 0.6 is 0 Å². The van der Waals surface area contributed by atoms with Gasteiger partial charge in [0.25, 0.3) is 0 Å². The summed E-state index contributed by atoms with van der Waals surface area (Å²) in [5, 5.41) is 18.4. The normalized spacial score (nSPS) is 13.4. The summed E-state index contributed by atoms with van der Waals surface area (Å²) in [6.07, 6.45) is 10.2. The summed E-state index contributed by atoms with van der Waals surface area (Å²) in [4.78, 5) is 9.21. The molecule has 7 nitrogen and oxygen atoms in total. The standard InChI is InChI=1S/C29H24N6O/c1-19-15-23(10-12-26(19)36-24-13-14-35-27(16-24)31-18-32-35)33-29-22(17-30)8-7-21-9-11-25(34-28(21)29)20-5-3-2-4-6-20/h5,7-16,18,33H,2-4,6H2,1H3. The minimum Gasteiger partial charge on any atom is -0.457 e. The van der Waals surface area contributed by atoms with Crippen molar-refractivity contribution in [1.82, 2.24) is 19.6 Å². The van der Waals surface area contributed by atoms with E-state index in [0.29, 0.717) is 11.3 Å². The van der Waals surface area contributed by atoms with Gasteiger partial charge < -0.3 is 10.1 Å². The molecule has 3 aromatic heterocycles. The van der Waals surface area contributed by atoms with Crippen LogP contribution in [0.1, 0.15) is 42.5 Å². The second-order valence-electron chi connectivity index (χ2n) is 8.98. The van der Waals surface area contributed by atoms with Crippen molar-refractivity contribution >= 4 is 33.5 Å². The van der Waals surface area contributed by atoms with E-state index in [4.69, 9.17) is 9.72 Å². The fraction of sp³-hybridized carbons (Fsp3) is 0.172. The SMILES string of the molecule is Cc1cc(Nc2c(C#N)ccc3ccc(C4=CCCCC4)nc23)ccc1Oc1ccn2ncnc2c1. The van der Waals surface area contributed by atoms with Crippen molar-refractivity contribution in [2.75, 3.05) is 5.32 Å². The summed E-state index contributed by atoms with van der Waals surface area (Å²) in [5.41, 5.74) is 6.91. The number of nitrogens with zero attached hydrogens (tertiary/aromatic N) is 5. The first-order chi connectivity index (χ1) is 17.7. The molecule has 5 aromatic rings. The molecule has 1 N–H and O–H groups in total. The summed E-state index contributed by atoms with van der Waals surface area (Å²) in [6.45, 7) is 2.00. The number of aryl methyl sites for hydroxylation is 1. The Morgan fingerprint density at radius 3 is 2.81 bits per heavy atom. The van der Waals surface area contributed by atoms with Gasteiger partial charge >= 0.3 is 0 Å². The third kappa shape index (κ3) is 4.14. The molecule has 0 radical (unpaired) electrons. The molecule has 1 aliphatic rings. The zero-order valence-corrected chi connectivity index (χ0v) is 19.9. The maximum atomic E-state index is 9.84. The predicted octanol–water partition coefficient (Wildman–Crippen LogP) is 6.95. The molecule has 0 unspecified atom stereocenters. The van der Waals surface area contributed by atoms with Crippen molar-refractivity contribution in [2.24, 2.45) is 0 Å². The fourth-order valence-corrected chi connectivity index (χ4v) is 4.63. The Bertz CT molecular complexity index is 1680. The highest BCUT2D eigenvalue weighted by Gasteiger charge is 2.14. The van der Waals surface area contributed by atoms with E-state index in [1.807, 2.05) is 55.6 Å². The first-order valence-electron chi connectivity index (χ1n) is 12.1. The molecule has 0 saturated heterocycles. The molecular formula is C29H24N6O. The number of hydrogen-bond acceptors (Lipinski definition) is 6. The number of hydrogen-bond donors (Lipinski definition) is 1. The maximum Gasteiger partial charge on any atom is 0.158 e. The quantitative estimate of drug-likeness (QED) is 0.298. The van der Waals surface area contributed by atoms with E-state index in [-0.39, 0.29) is 0 Å². The topological polar surface area (TPSA) is 88.1 Å². The van der Waals surface area contributed by atoms with Crippen LogP contribution in [0.2, 0.25) is 0 Å². The number of allylic oxidation sites excluding steroid dienone is 2. The molecule has 3 heterocycles. The van der Waals surface area contributed by atoms with E-state index in [0.717, 1.165) is 57.8 Å². The number of pyridine rings is 2. The zero-order valence-electron chi connectivity index (χ0n) is 19.9. The van der Waals surface area contributed by atoms with Crippen molar-refractivity contribution in [3.63, 3.8) is 0 Å². The van der Waals surface area contributed by atoms with Crippen molar-refractivity contribution in [2.45, 2.75) is 32.6 Å². The first kappa shape index (κ1) is 21.8. The molecule has 0 amide bonds. The van der Waals surface area contributed by atoms with E-state index in [9.17, 15) is 5.26 Å². The molecule has 2 aromatic carbocycles. The number of fused-ring (bicyclic) bond motifs is 2. The Balaban J connectivity index is 1.32. The van der Waals surface area contributed by atoms with Gasteiger partial charge in [0, 0.05) is 23.3 Å². The average molecular weight is 473 g/mol. The number of nitrogens with one attached hydrogen (secondary N) is 1. The summed E-state index contributed by atoms with van der Waals surface area (Å²) >= 11 is 0. The van der Waals surface area contributed by atoms with Gasteiger partial charge in [0.05, 0.1) is 22.5 Å². The van der Waals surface area contributed by atoms with Crippen LogP contribution in [-0.4, -0.2) is 19.6 Å². The Labute approximate surface area is 208 Å². The molecule has 0 saturated carbocycles. The predicted molar refractivity (Wildman–Crippen MR) is 140 cm³/mol. The van der Waals surface area contributed by atoms with Crippen molar-refractivity contribution in [1.29, 1.82) is 5.26 Å². The smallest absolute Gasteiger partial charge is 0.158 e. The highest BCUT2D eigenvalue weighted by Crippen LogP contribution is 2.34. The lowest BCUT2D eigenvalue weighted by Gasteiger charge is -2.16. The summed E-state index contributed by atoms with van der Waals surface area (Å²) in [6, 6.07) is 19.9. The van der Waals surface area contributed by atoms with Crippen LogP contribution in [0.3, 0.4) is 0 Å². The number of rotatable bonds is 5. The van der Waals surface area contributed by atoms with Crippen LogP contribution in [0.15, 0.2) is 73.2 Å². The van der Waals surface area contributed by atoms with E-state index in [2.05, 4.69) is 39.7 Å². The monoisotopic (exact) mass is 472 g/mol. The molecule has 0 atom stereocenters. The third-order valence-electron chi connectivity index (χ3n) is 6.53. The highest BCUT2D eigenvalue weighted by atomic mass is 16.5. The van der Waals surface area contributed by atoms with Crippen molar-refractivity contribution in [3.8, 4) is 17.6 Å². The van der Waals surface area contributed by atoms with Gasteiger partial charge in [0.15, 0.2) is 5.65 Å². The Morgan fingerprint density at radius 2 is 1.97 bits per heavy atom. The largest absolute Gasteiger partial charge is 0.457 e. The van der Waals surface area contributed by atoms with E-state index in [1.54, 1.807) is 4.52 Å². The summed E-state index contributed by atoms with van der Waals surface area (Å²) in [5.74, 6) is 1.43. The molecule has 7 heteroatoms. The molecule has 1 aliphatic carbocycles. The molecule has 36 heavy (non-hydrogen) atoms. The van der Waals surface area contributed by atoms with Gasteiger partial charge in [-0.25, -0.2) is 14.5 Å². The number of aromatic nitrogens is 4. The van der Waals surface area contributed by atoms with Crippen LogP contribution in [0.5, 0.6) is 11.5 Å². The van der Waals surface area contributed by atoms with E-state index < -0.39 is 0 Å². The lowest BCUT2D eigenvalue weighted by Crippen LogP contribution is -2.00. The molecule has 0 spiro atoms. The second-order valence-corrected chi connectivity index (χ2v) is 8.98. The van der Waals surface area contributed by atoms with Gasteiger partial charge in [-0.05, 0) is 80.1 Å². The number of nitriles is 1. The van der Waals surface area contributed by atoms with Gasteiger partial charge in [-0.2, -0.15) is 10.4 Å². The van der Waals surface area contributed by atoms with Crippen LogP contribution in [0.4, 0.5) is 11.4 Å². The van der Waals surface area contributed by atoms with Gasteiger partial charge in [-0.1, -0.05) is 18.2 Å². The summed E-state index contributed by atoms with van der Waals surface area (Å²) in [7, 11) is 0. The molecule has 6 rings (SSSR count). The van der Waals surface area contributed by atoms with Gasteiger partial charge in [-0.15, -0.1) is 0 Å². The van der Waals surface area contributed by atoms with Gasteiger partial charge in [0.1, 0.15) is 23.9 Å². The molecule has 0 bridgehead atoms. The van der Waals surface area contributed by atoms with Crippen LogP contribution in [0, 0.1) is 18.3 Å². The third-order valence-corrected chi connectivity index (χ3v) is 6.53. The molecular weight excluding hydrogens is 448 g/mol. The lowest BCUT2D eigenvalue weighted by atomic mass is 9.96. The average Bonchev–Trinajstić information content (AvgIpc) is 3.39. The van der Waals surface area contributed by atoms with Crippen LogP contribution in [0.25, 0.3) is 22.1 Å². The fourth-order valence-electron chi connectivity index (χ4n) is 4.63. The van der Waals surface area contributed by atoms with Gasteiger partial charge in [0.2, 0.25) is 0 Å². The minimum atomic E-state index is 0.560. The first-order valence-corrected chi connectivity index (χ1v) is 12.1. The Kier molecular flexibility index (Phi) is 5.55. The molecule has 0 aliphatic heterocycles. The molecule has 176 valence electrons. The lowest BCUT2D eigenvalue weighted by molar-refractivity contribution is 0.478. The van der Waals surface area contributed by atoms with E-state index >= 15 is 0 Å². The van der Waals surface area contributed by atoms with Crippen LogP contribution < -0.4 is 10.1 Å². The van der Waals surface area contributed by atoms with Crippen molar-refractivity contribution in [3.05, 3.63) is 90.0 Å². The Hall–Kier alpha value is -4.70. The minimum absolute atomic E-state index is 0.560. The second kappa shape index (κ2) is 9.16. The zero-order chi connectivity index (χ0) is 24.5. The maximum absolute atomic E-state index is 9.84. The highest BCUT2D eigenvalue weighted by molar-refractivity contribution is 5.96. The van der Waals surface area contributed by atoms with Gasteiger partial charge in [-0.3, -0.25) is 0 Å². The number of ether oxygens (including phenoxy) is 1. The molecule has 0 fully saturated rings. The number of anilines is 2. The van der Waals surface area contributed by atoms with E-state index in [1.165, 1.54) is 24.7 Å². The van der Waals surface area contributed by atoms with Crippen molar-refractivity contribution < 1.29 is 4.74 Å². The summed E-state index contributed by atoms with van der Waals surface area (Å²) < 4.78 is 7.80. The number of benzene rings is 2. The Morgan fingerprint density at radius 1 is 1.06 bits per heavy atom.